The van der Waals surface area contributed by atoms with E-state index in [2.05, 4.69) is 74.3 Å². The first-order valence-electron chi connectivity index (χ1n) is 24.1. The highest BCUT2D eigenvalue weighted by Crippen LogP contribution is 2.13. The van der Waals surface area contributed by atoms with Gasteiger partial charge in [-0.05, 0) is 110 Å². The van der Waals surface area contributed by atoms with Crippen molar-refractivity contribution < 1.29 is 47.9 Å². The molecule has 0 heterocycles. The van der Waals surface area contributed by atoms with Gasteiger partial charge < -0.3 is 38.4 Å². The van der Waals surface area contributed by atoms with Gasteiger partial charge in [0.05, 0.1) is 18.9 Å². The fourth-order valence-electron chi connectivity index (χ4n) is 6.14. The molecule has 1 atom stereocenters. The molecule has 0 saturated carbocycles. The summed E-state index contributed by atoms with van der Waals surface area (Å²) in [5.41, 5.74) is 0. The Balaban J connectivity index is 4.89. The molecule has 0 aliphatic carbocycles. The number of hydrogen-bond acceptors (Lipinski definition) is 11. The van der Waals surface area contributed by atoms with Gasteiger partial charge in [0.15, 0.2) is 6.29 Å². The Hall–Kier alpha value is -2.99. The second-order valence-corrected chi connectivity index (χ2v) is 15.8. The second kappa shape index (κ2) is 46.5. The Kier molecular flexibility index (Phi) is 44.2. The number of hydrogen-bond donors (Lipinski definition) is 1. The van der Waals surface area contributed by atoms with Crippen LogP contribution in [-0.4, -0.2) is 101 Å². The maximum absolute atomic E-state index is 12.9. The van der Waals surface area contributed by atoms with Crippen LogP contribution in [0.25, 0.3) is 0 Å². The first kappa shape index (κ1) is 58.0. The van der Waals surface area contributed by atoms with Crippen LogP contribution in [0.3, 0.4) is 0 Å². The number of ether oxygens (including phenoxy) is 6. The predicted octanol–water partition coefficient (Wildman–Crippen LogP) is 11.8. The lowest BCUT2D eigenvalue weighted by Gasteiger charge is -2.20. The van der Waals surface area contributed by atoms with E-state index >= 15 is 0 Å². The minimum atomic E-state index is -0.828. The maximum atomic E-state index is 12.9. The maximum Gasteiger partial charge on any atom is 0.508 e. The first-order chi connectivity index (χ1) is 29.9. The highest BCUT2D eigenvalue weighted by molar-refractivity contribution is 5.69. The van der Waals surface area contributed by atoms with Gasteiger partial charge in [-0.1, -0.05) is 101 Å². The molecule has 0 radical (unpaired) electrons. The van der Waals surface area contributed by atoms with Crippen LogP contribution in [0.2, 0.25) is 0 Å². The van der Waals surface area contributed by atoms with Crippen LogP contribution in [-0.2, 0) is 38.0 Å². The molecule has 1 unspecified atom stereocenters. The number of unbranched alkanes of at least 4 members (excludes halogenated alkanes) is 12. The lowest BCUT2D eigenvalue weighted by Crippen LogP contribution is -2.27. The van der Waals surface area contributed by atoms with Gasteiger partial charge in [-0.25, -0.2) is 4.79 Å². The Morgan fingerprint density at radius 2 is 1.03 bits per heavy atom. The Morgan fingerprint density at radius 1 is 0.525 bits per heavy atom. The first-order valence-corrected chi connectivity index (χ1v) is 24.1. The molecule has 0 aromatic carbocycles. The topological polar surface area (TPSA) is 130 Å². The molecule has 0 bridgehead atoms. The van der Waals surface area contributed by atoms with Crippen molar-refractivity contribution in [3.63, 3.8) is 0 Å². The third kappa shape index (κ3) is 43.5. The zero-order valence-electron chi connectivity index (χ0n) is 39.2. The van der Waals surface area contributed by atoms with Crippen molar-refractivity contribution in [3.8, 4) is 0 Å². The molecule has 1 N–H and O–H groups in total. The molecule has 0 aliphatic heterocycles. The minimum Gasteiger partial charge on any atom is -0.465 e. The van der Waals surface area contributed by atoms with Crippen LogP contribution in [0.5, 0.6) is 0 Å². The number of nitrogens with zero attached hydrogens (tertiary/aromatic N) is 1. The van der Waals surface area contributed by atoms with Crippen molar-refractivity contribution in [3.05, 3.63) is 48.6 Å². The van der Waals surface area contributed by atoms with Gasteiger partial charge in [0.2, 0.25) is 0 Å². The molecule has 0 fully saturated rings. The van der Waals surface area contributed by atoms with E-state index in [4.69, 9.17) is 33.5 Å². The summed E-state index contributed by atoms with van der Waals surface area (Å²) >= 11 is 0. The number of aliphatic hydroxyl groups is 1. The standard InChI is InChI=1S/C50H89NO10/c1-5-8-11-14-17-18-19-20-21-22-23-24-25-26-29-34-47(53)59-43-46(45-61-50(55)58-42-33-38-51(4)37-32-39-52)44-60-48(54)35-36-49(56-40-30-27-15-12-9-6-2)57-41-31-28-16-13-10-7-3/h9-10,12-13,17-18,20-21,46,49,52H,5-8,11,14-16,19,22-45H2,1-4H3/b12-9-,13-10-,18-17-,21-20-. The minimum absolute atomic E-state index is 0.0506. The summed E-state index contributed by atoms with van der Waals surface area (Å²) in [5.74, 6) is -1.31. The van der Waals surface area contributed by atoms with Crippen molar-refractivity contribution in [1.29, 1.82) is 0 Å². The van der Waals surface area contributed by atoms with Gasteiger partial charge in [0.1, 0.15) is 19.8 Å². The molecule has 0 saturated heterocycles. The number of carbonyl (C=O) groups excluding carboxylic acids is 3. The summed E-state index contributed by atoms with van der Waals surface area (Å²) in [4.78, 5) is 40.0. The summed E-state index contributed by atoms with van der Waals surface area (Å²) < 4.78 is 33.9. The van der Waals surface area contributed by atoms with Gasteiger partial charge in [0, 0.05) is 45.8 Å². The van der Waals surface area contributed by atoms with Gasteiger partial charge in [-0.15, -0.1) is 0 Å². The van der Waals surface area contributed by atoms with Crippen molar-refractivity contribution in [2.75, 3.05) is 66.4 Å². The van der Waals surface area contributed by atoms with E-state index < -0.39 is 24.3 Å². The molecule has 61 heavy (non-hydrogen) atoms. The van der Waals surface area contributed by atoms with E-state index in [1.807, 2.05) is 7.05 Å². The summed E-state index contributed by atoms with van der Waals surface area (Å²) in [6.45, 7) is 9.09. The van der Waals surface area contributed by atoms with Crippen LogP contribution in [0, 0.1) is 5.92 Å². The smallest absolute Gasteiger partial charge is 0.465 e. The zero-order chi connectivity index (χ0) is 44.7. The average Bonchev–Trinajstić information content (AvgIpc) is 3.26. The van der Waals surface area contributed by atoms with E-state index in [-0.39, 0.29) is 45.4 Å². The fourth-order valence-corrected chi connectivity index (χ4v) is 6.14. The second-order valence-electron chi connectivity index (χ2n) is 15.8. The van der Waals surface area contributed by atoms with Crippen molar-refractivity contribution in [2.24, 2.45) is 5.92 Å². The number of allylic oxidation sites excluding steroid dienone is 8. The SMILES string of the molecule is CC/C=C\CCCCOC(CCC(=O)OCC(COC(=O)CCCCCCC/C=C\C/C=C\CCCCC)COC(=O)OCCCN(C)CCCO)OCCCC/C=C\CC. The number of aliphatic hydroxyl groups excluding tert-OH is 1. The zero-order valence-corrected chi connectivity index (χ0v) is 39.2. The Morgan fingerprint density at radius 3 is 1.62 bits per heavy atom. The number of carbonyl (C=O) groups is 3. The number of esters is 2. The summed E-state index contributed by atoms with van der Waals surface area (Å²) in [6.07, 6.45) is 38.5. The van der Waals surface area contributed by atoms with E-state index in [1.54, 1.807) is 0 Å². The lowest BCUT2D eigenvalue weighted by molar-refractivity contribution is -0.161. The summed E-state index contributed by atoms with van der Waals surface area (Å²) in [5, 5.41) is 9.01. The van der Waals surface area contributed by atoms with Crippen molar-refractivity contribution in [2.45, 2.75) is 181 Å². The quantitative estimate of drug-likeness (QED) is 0.0206. The molecular weight excluding hydrogens is 775 g/mol. The highest BCUT2D eigenvalue weighted by Gasteiger charge is 2.20. The van der Waals surface area contributed by atoms with Gasteiger partial charge in [-0.2, -0.15) is 0 Å². The molecule has 0 rings (SSSR count). The normalized spacial score (nSPS) is 12.5. The molecule has 0 aromatic rings. The van der Waals surface area contributed by atoms with Crippen LogP contribution in [0.1, 0.15) is 175 Å². The van der Waals surface area contributed by atoms with E-state index in [0.717, 1.165) is 103 Å². The van der Waals surface area contributed by atoms with Crippen LogP contribution in [0.15, 0.2) is 48.6 Å². The Bertz CT molecular complexity index is 1100. The van der Waals surface area contributed by atoms with E-state index in [9.17, 15) is 14.4 Å². The van der Waals surface area contributed by atoms with Crippen LogP contribution in [0.4, 0.5) is 4.79 Å². The average molecular weight is 864 g/mol. The summed E-state index contributed by atoms with van der Waals surface area (Å²) in [7, 11) is 1.94. The van der Waals surface area contributed by atoms with Gasteiger partial charge in [0.25, 0.3) is 0 Å². The fraction of sp³-hybridized carbons (Fsp3) is 0.780. The Labute approximate surface area is 372 Å². The molecule has 11 heteroatoms. The largest absolute Gasteiger partial charge is 0.508 e. The third-order valence-electron chi connectivity index (χ3n) is 9.86. The molecule has 0 amide bonds. The molecule has 0 aromatic heterocycles. The van der Waals surface area contributed by atoms with Crippen LogP contribution < -0.4 is 0 Å². The molecule has 354 valence electrons. The van der Waals surface area contributed by atoms with Gasteiger partial charge in [-0.3, -0.25) is 9.59 Å². The highest BCUT2D eigenvalue weighted by atomic mass is 16.7. The molecule has 0 aliphatic rings. The number of rotatable bonds is 44. The molecule has 0 spiro atoms. The predicted molar refractivity (Wildman–Crippen MR) is 247 cm³/mol. The van der Waals surface area contributed by atoms with E-state index in [1.165, 1.54) is 25.7 Å². The summed E-state index contributed by atoms with van der Waals surface area (Å²) in [6, 6.07) is 0. The van der Waals surface area contributed by atoms with E-state index in [0.29, 0.717) is 45.4 Å². The monoisotopic (exact) mass is 864 g/mol. The third-order valence-corrected chi connectivity index (χ3v) is 9.86. The van der Waals surface area contributed by atoms with Crippen molar-refractivity contribution in [1.82, 2.24) is 4.90 Å². The lowest BCUT2D eigenvalue weighted by atomic mass is 10.1. The van der Waals surface area contributed by atoms with Gasteiger partial charge >= 0.3 is 18.1 Å². The van der Waals surface area contributed by atoms with Crippen LogP contribution >= 0.6 is 0 Å². The molecule has 11 nitrogen and oxygen atoms in total. The molecular formula is C50H89NO10. The van der Waals surface area contributed by atoms with Crippen molar-refractivity contribution >= 4 is 18.1 Å².